The fourth-order valence-electron chi connectivity index (χ4n) is 2.59. The molecule has 1 saturated heterocycles. The summed E-state index contributed by atoms with van der Waals surface area (Å²) in [4.78, 5) is 19.5. The highest BCUT2D eigenvalue weighted by atomic mass is 19.1. The number of imidazole rings is 1. The van der Waals surface area contributed by atoms with Crippen molar-refractivity contribution in [2.45, 2.75) is 25.5 Å². The molecule has 2 atom stereocenters. The van der Waals surface area contributed by atoms with Crippen LogP contribution in [0.3, 0.4) is 0 Å². The molecular weight excluding hydrogens is 287 g/mol. The van der Waals surface area contributed by atoms with Crippen molar-refractivity contribution in [3.05, 3.63) is 29.8 Å². The number of carbonyl (C=O) groups excluding carboxylic acids is 1. The molecule has 1 aliphatic rings. The number of fused-ring (bicyclic) bond motifs is 1. The number of halogens is 1. The zero-order chi connectivity index (χ0) is 15.5. The maximum atomic E-state index is 13.1. The van der Waals surface area contributed by atoms with Crippen LogP contribution in [0.5, 0.6) is 0 Å². The summed E-state index contributed by atoms with van der Waals surface area (Å²) in [6.45, 7) is 3.65. The van der Waals surface area contributed by atoms with Crippen LogP contribution in [0.2, 0.25) is 0 Å². The normalized spacial score (nSPS) is 21.9. The van der Waals surface area contributed by atoms with Gasteiger partial charge in [-0.1, -0.05) is 0 Å². The van der Waals surface area contributed by atoms with Gasteiger partial charge in [-0.05, 0) is 25.1 Å². The smallest absolute Gasteiger partial charge is 0.239 e. The summed E-state index contributed by atoms with van der Waals surface area (Å²) >= 11 is 0. The van der Waals surface area contributed by atoms with Gasteiger partial charge in [0.15, 0.2) is 0 Å². The number of rotatable bonds is 4. The monoisotopic (exact) mass is 306 g/mol. The van der Waals surface area contributed by atoms with Crippen LogP contribution in [0.1, 0.15) is 12.7 Å². The van der Waals surface area contributed by atoms with E-state index >= 15 is 0 Å². The van der Waals surface area contributed by atoms with Crippen molar-refractivity contribution in [1.82, 2.24) is 20.6 Å². The standard InChI is InChI=1S/C15H19FN4O2/c1-9-14(17-6-7-22-9)15(21)18-5-4-13-19-11-3-2-10(16)8-12(11)20-13/h2-3,8-9,14,17H,4-7H2,1H3,(H,18,21)(H,19,20)/t9-,14+/m1/s1. The Morgan fingerprint density at radius 2 is 2.41 bits per heavy atom. The molecule has 0 saturated carbocycles. The summed E-state index contributed by atoms with van der Waals surface area (Å²) in [7, 11) is 0. The lowest BCUT2D eigenvalue weighted by molar-refractivity contribution is -0.128. The number of carbonyl (C=O) groups is 1. The fourth-order valence-corrected chi connectivity index (χ4v) is 2.59. The number of nitrogens with zero attached hydrogens (tertiary/aromatic N) is 1. The Morgan fingerprint density at radius 3 is 3.23 bits per heavy atom. The predicted molar refractivity (Wildman–Crippen MR) is 80.0 cm³/mol. The second kappa shape index (κ2) is 6.41. The van der Waals surface area contributed by atoms with E-state index in [9.17, 15) is 9.18 Å². The molecule has 0 aliphatic carbocycles. The number of aromatic nitrogens is 2. The largest absolute Gasteiger partial charge is 0.375 e. The average molecular weight is 306 g/mol. The average Bonchev–Trinajstić information content (AvgIpc) is 2.89. The maximum absolute atomic E-state index is 13.1. The van der Waals surface area contributed by atoms with Gasteiger partial charge in [0, 0.05) is 19.5 Å². The van der Waals surface area contributed by atoms with Crippen LogP contribution in [0.25, 0.3) is 11.0 Å². The molecule has 0 bridgehead atoms. The maximum Gasteiger partial charge on any atom is 0.239 e. The number of benzene rings is 1. The third-order valence-electron chi connectivity index (χ3n) is 3.75. The molecule has 1 aromatic carbocycles. The van der Waals surface area contributed by atoms with E-state index in [-0.39, 0.29) is 23.9 Å². The lowest BCUT2D eigenvalue weighted by Gasteiger charge is -2.29. The SMILES string of the molecule is C[C@H]1OCCN[C@@H]1C(=O)NCCc1nc2ccc(F)cc2[nH]1. The first-order valence-corrected chi connectivity index (χ1v) is 7.40. The Kier molecular flexibility index (Phi) is 4.35. The zero-order valence-corrected chi connectivity index (χ0v) is 12.4. The van der Waals surface area contributed by atoms with Crippen LogP contribution in [-0.2, 0) is 16.0 Å². The Bertz CT molecular complexity index is 673. The molecule has 1 aromatic heterocycles. The quantitative estimate of drug-likeness (QED) is 0.778. The van der Waals surface area contributed by atoms with E-state index in [1.807, 2.05) is 6.92 Å². The van der Waals surface area contributed by atoms with E-state index in [1.54, 1.807) is 6.07 Å². The summed E-state index contributed by atoms with van der Waals surface area (Å²) in [5.41, 5.74) is 1.39. The molecule has 22 heavy (non-hydrogen) atoms. The summed E-state index contributed by atoms with van der Waals surface area (Å²) in [5.74, 6) is 0.351. The molecule has 118 valence electrons. The van der Waals surface area contributed by atoms with Gasteiger partial charge >= 0.3 is 0 Å². The molecule has 7 heteroatoms. The van der Waals surface area contributed by atoms with Crippen LogP contribution in [0, 0.1) is 5.82 Å². The van der Waals surface area contributed by atoms with E-state index in [0.717, 1.165) is 11.3 Å². The number of hydrogen-bond donors (Lipinski definition) is 3. The van der Waals surface area contributed by atoms with Gasteiger partial charge in [-0.3, -0.25) is 4.79 Å². The molecule has 3 N–H and O–H groups in total. The lowest BCUT2D eigenvalue weighted by Crippen LogP contribution is -2.55. The van der Waals surface area contributed by atoms with Crippen molar-refractivity contribution in [1.29, 1.82) is 0 Å². The van der Waals surface area contributed by atoms with Crippen molar-refractivity contribution >= 4 is 16.9 Å². The predicted octanol–water partition coefficient (Wildman–Crippen LogP) is 0.738. The second-order valence-electron chi connectivity index (χ2n) is 5.39. The van der Waals surface area contributed by atoms with E-state index < -0.39 is 0 Å². The Morgan fingerprint density at radius 1 is 1.55 bits per heavy atom. The molecule has 2 heterocycles. The highest BCUT2D eigenvalue weighted by Gasteiger charge is 2.27. The number of nitrogens with one attached hydrogen (secondary N) is 3. The fraction of sp³-hybridized carbons (Fsp3) is 0.467. The lowest BCUT2D eigenvalue weighted by atomic mass is 10.1. The first kappa shape index (κ1) is 14.9. The molecule has 6 nitrogen and oxygen atoms in total. The third-order valence-corrected chi connectivity index (χ3v) is 3.75. The Labute approximate surface area is 127 Å². The van der Waals surface area contributed by atoms with Gasteiger partial charge in [-0.2, -0.15) is 0 Å². The van der Waals surface area contributed by atoms with Crippen molar-refractivity contribution in [2.24, 2.45) is 0 Å². The summed E-state index contributed by atoms with van der Waals surface area (Å²) in [6, 6.07) is 4.10. The molecule has 1 fully saturated rings. The van der Waals surface area contributed by atoms with Crippen LogP contribution >= 0.6 is 0 Å². The number of ether oxygens (including phenoxy) is 1. The van der Waals surface area contributed by atoms with Crippen LogP contribution in [0.4, 0.5) is 4.39 Å². The molecule has 1 amide bonds. The molecule has 0 radical (unpaired) electrons. The summed E-state index contributed by atoms with van der Waals surface area (Å²) in [6.07, 6.45) is 0.423. The third kappa shape index (κ3) is 3.26. The zero-order valence-electron chi connectivity index (χ0n) is 12.4. The Hall–Kier alpha value is -1.99. The van der Waals surface area contributed by atoms with Crippen molar-refractivity contribution in [3.8, 4) is 0 Å². The molecule has 0 unspecified atom stereocenters. The van der Waals surface area contributed by atoms with Crippen LogP contribution in [0.15, 0.2) is 18.2 Å². The van der Waals surface area contributed by atoms with Crippen LogP contribution < -0.4 is 10.6 Å². The minimum Gasteiger partial charge on any atom is -0.375 e. The molecule has 0 spiro atoms. The highest BCUT2D eigenvalue weighted by molar-refractivity contribution is 5.82. The van der Waals surface area contributed by atoms with Crippen molar-refractivity contribution < 1.29 is 13.9 Å². The summed E-state index contributed by atoms with van der Waals surface area (Å²) < 4.78 is 18.6. The van der Waals surface area contributed by atoms with Crippen molar-refractivity contribution in [2.75, 3.05) is 19.7 Å². The topological polar surface area (TPSA) is 79.0 Å². The van der Waals surface area contributed by atoms with E-state index in [1.165, 1.54) is 12.1 Å². The van der Waals surface area contributed by atoms with Gasteiger partial charge in [-0.15, -0.1) is 0 Å². The van der Waals surface area contributed by atoms with Gasteiger partial charge in [0.25, 0.3) is 0 Å². The molecular formula is C15H19FN4O2. The number of hydrogen-bond acceptors (Lipinski definition) is 4. The minimum absolute atomic E-state index is 0.0747. The van der Waals surface area contributed by atoms with Crippen molar-refractivity contribution in [3.63, 3.8) is 0 Å². The molecule has 2 aromatic rings. The van der Waals surface area contributed by atoms with Gasteiger partial charge in [-0.25, -0.2) is 9.37 Å². The minimum atomic E-state index is -0.321. The van der Waals surface area contributed by atoms with E-state index in [2.05, 4.69) is 20.6 Å². The molecule has 1 aliphatic heterocycles. The first-order chi connectivity index (χ1) is 10.6. The highest BCUT2D eigenvalue weighted by Crippen LogP contribution is 2.13. The number of amides is 1. The number of H-pyrrole nitrogens is 1. The Balaban J connectivity index is 1.54. The summed E-state index contributed by atoms with van der Waals surface area (Å²) in [5, 5.41) is 6.01. The number of aromatic amines is 1. The first-order valence-electron chi connectivity index (χ1n) is 7.40. The van der Waals surface area contributed by atoms with Gasteiger partial charge < -0.3 is 20.4 Å². The second-order valence-corrected chi connectivity index (χ2v) is 5.39. The number of morpholine rings is 1. The molecule has 3 rings (SSSR count). The van der Waals surface area contributed by atoms with E-state index in [4.69, 9.17) is 4.74 Å². The van der Waals surface area contributed by atoms with Gasteiger partial charge in [0.1, 0.15) is 17.7 Å². The van der Waals surface area contributed by atoms with Crippen LogP contribution in [-0.4, -0.2) is 47.7 Å². The van der Waals surface area contributed by atoms with Gasteiger partial charge in [0.05, 0.1) is 23.7 Å². The van der Waals surface area contributed by atoms with Gasteiger partial charge in [0.2, 0.25) is 5.91 Å². The van der Waals surface area contributed by atoms with E-state index in [0.29, 0.717) is 31.6 Å².